The smallest absolute Gasteiger partial charge is 0.410 e. The van der Waals surface area contributed by atoms with Crippen LogP contribution in [0.3, 0.4) is 0 Å². The largest absolute Gasteiger partial charge is 0.493 e. The number of carbonyl (C=O) groups excluding carboxylic acids is 1. The molecule has 1 unspecified atom stereocenters. The number of nitrogens with zero attached hydrogens (tertiary/aromatic N) is 2. The molecule has 0 radical (unpaired) electrons. The van der Waals surface area contributed by atoms with Crippen molar-refractivity contribution in [3.63, 3.8) is 0 Å². The van der Waals surface area contributed by atoms with Crippen LogP contribution in [0.4, 0.5) is 9.18 Å². The van der Waals surface area contributed by atoms with E-state index in [-0.39, 0.29) is 18.0 Å². The molecular weight excluding hydrogens is 291 g/mol. The van der Waals surface area contributed by atoms with E-state index in [9.17, 15) is 9.18 Å². The number of halogens is 1. The molecule has 2 fully saturated rings. The first-order valence-corrected chi connectivity index (χ1v) is 7.18. The molecule has 1 amide bonds. The highest BCUT2D eigenvalue weighted by atomic mass is 19.1. The van der Waals surface area contributed by atoms with Crippen LogP contribution in [0.15, 0.2) is 12.1 Å². The Labute approximate surface area is 128 Å². The van der Waals surface area contributed by atoms with E-state index < -0.39 is 0 Å². The van der Waals surface area contributed by atoms with Gasteiger partial charge in [0.1, 0.15) is 12.4 Å². The van der Waals surface area contributed by atoms with Crippen molar-refractivity contribution in [2.45, 2.75) is 12.6 Å². The van der Waals surface area contributed by atoms with Crippen molar-refractivity contribution in [2.24, 2.45) is 0 Å². The van der Waals surface area contributed by atoms with Gasteiger partial charge in [-0.2, -0.15) is 0 Å². The summed E-state index contributed by atoms with van der Waals surface area (Å²) in [6, 6.07) is 3.06. The van der Waals surface area contributed by atoms with Crippen LogP contribution >= 0.6 is 0 Å². The van der Waals surface area contributed by atoms with Crippen molar-refractivity contribution in [3.05, 3.63) is 23.5 Å². The van der Waals surface area contributed by atoms with E-state index in [0.29, 0.717) is 49.8 Å². The monoisotopic (exact) mass is 310 g/mol. The summed E-state index contributed by atoms with van der Waals surface area (Å²) in [4.78, 5) is 15.3. The van der Waals surface area contributed by atoms with E-state index in [1.807, 2.05) is 0 Å². The molecule has 1 atom stereocenters. The maximum Gasteiger partial charge on any atom is 0.410 e. The van der Waals surface area contributed by atoms with Crippen molar-refractivity contribution in [2.75, 3.05) is 40.5 Å². The fourth-order valence-corrected chi connectivity index (χ4v) is 2.96. The van der Waals surface area contributed by atoms with Gasteiger partial charge in [-0.3, -0.25) is 9.80 Å². The molecule has 6 nitrogen and oxygen atoms in total. The minimum Gasteiger partial charge on any atom is -0.493 e. The fraction of sp³-hybridized carbons (Fsp3) is 0.533. The molecule has 0 saturated carbocycles. The number of piperazine rings is 1. The van der Waals surface area contributed by atoms with Crippen molar-refractivity contribution in [3.8, 4) is 11.5 Å². The molecule has 7 heteroatoms. The Bertz CT molecular complexity index is 581. The Balaban J connectivity index is 1.72. The lowest BCUT2D eigenvalue weighted by Gasteiger charge is -2.35. The summed E-state index contributed by atoms with van der Waals surface area (Å²) in [6.45, 7) is 2.85. The first kappa shape index (κ1) is 14.9. The zero-order valence-electron chi connectivity index (χ0n) is 12.7. The third-order valence-corrected chi connectivity index (χ3v) is 4.15. The van der Waals surface area contributed by atoms with Gasteiger partial charge < -0.3 is 14.2 Å². The summed E-state index contributed by atoms with van der Waals surface area (Å²) in [6.07, 6.45) is -0.248. The van der Waals surface area contributed by atoms with Crippen LogP contribution < -0.4 is 9.47 Å². The second-order valence-corrected chi connectivity index (χ2v) is 5.46. The molecule has 120 valence electrons. The van der Waals surface area contributed by atoms with Crippen LogP contribution in [0.2, 0.25) is 0 Å². The Morgan fingerprint density at radius 2 is 2.00 bits per heavy atom. The van der Waals surface area contributed by atoms with Gasteiger partial charge >= 0.3 is 6.09 Å². The van der Waals surface area contributed by atoms with Gasteiger partial charge in [0.15, 0.2) is 11.5 Å². The third kappa shape index (κ3) is 2.68. The second-order valence-electron chi connectivity index (χ2n) is 5.46. The summed E-state index contributed by atoms with van der Waals surface area (Å²) in [5.41, 5.74) is 0.552. The maximum absolute atomic E-state index is 14.2. The number of cyclic esters (lactones) is 1. The zero-order valence-corrected chi connectivity index (χ0v) is 12.7. The zero-order chi connectivity index (χ0) is 15.7. The molecule has 2 aliphatic heterocycles. The molecule has 0 spiro atoms. The van der Waals surface area contributed by atoms with Gasteiger partial charge in [-0.05, 0) is 6.07 Å². The van der Waals surface area contributed by atoms with Crippen molar-refractivity contribution in [1.82, 2.24) is 9.80 Å². The molecule has 0 bridgehead atoms. The summed E-state index contributed by atoms with van der Waals surface area (Å²) in [7, 11) is 3.01. The average Bonchev–Trinajstić information content (AvgIpc) is 2.89. The highest BCUT2D eigenvalue weighted by Gasteiger charge is 2.37. The molecule has 2 aliphatic rings. The maximum atomic E-state index is 14.2. The predicted molar refractivity (Wildman–Crippen MR) is 76.6 cm³/mol. The van der Waals surface area contributed by atoms with Crippen LogP contribution in [0.25, 0.3) is 0 Å². The Morgan fingerprint density at radius 1 is 1.27 bits per heavy atom. The summed E-state index contributed by atoms with van der Waals surface area (Å²) >= 11 is 0. The van der Waals surface area contributed by atoms with Crippen molar-refractivity contribution >= 4 is 6.09 Å². The Hall–Kier alpha value is -2.02. The summed E-state index contributed by atoms with van der Waals surface area (Å²) < 4.78 is 29.5. The van der Waals surface area contributed by atoms with Gasteiger partial charge in [0.25, 0.3) is 0 Å². The van der Waals surface area contributed by atoms with Crippen LogP contribution in [-0.4, -0.2) is 62.4 Å². The number of fused-ring (bicyclic) bond motifs is 1. The number of hydrogen-bond acceptors (Lipinski definition) is 5. The lowest BCUT2D eigenvalue weighted by molar-refractivity contribution is 0.114. The number of carbonyl (C=O) groups is 1. The second kappa shape index (κ2) is 6.00. The fourth-order valence-electron chi connectivity index (χ4n) is 2.96. The standard InChI is InChI=1S/C15H19FN2O4/c1-20-13-5-10(12(16)6-14(13)21-2)7-17-3-4-18-11(8-17)9-22-15(18)19/h5-6,11H,3-4,7-9H2,1-2H3. The third-order valence-electron chi connectivity index (χ3n) is 4.15. The molecule has 0 aliphatic carbocycles. The lowest BCUT2D eigenvalue weighted by Crippen LogP contribution is -2.51. The SMILES string of the molecule is COc1cc(F)c(CN2CCN3C(=O)OCC3C2)cc1OC. The molecule has 3 rings (SSSR count). The topological polar surface area (TPSA) is 51.2 Å². The molecule has 22 heavy (non-hydrogen) atoms. The van der Waals surface area contributed by atoms with Crippen molar-refractivity contribution in [1.29, 1.82) is 0 Å². The first-order chi connectivity index (χ1) is 10.6. The van der Waals surface area contributed by atoms with E-state index in [0.717, 1.165) is 0 Å². The summed E-state index contributed by atoms with van der Waals surface area (Å²) in [5.74, 6) is 0.569. The number of hydrogen-bond donors (Lipinski definition) is 0. The molecule has 0 N–H and O–H groups in total. The number of rotatable bonds is 4. The van der Waals surface area contributed by atoms with Gasteiger partial charge in [-0.25, -0.2) is 9.18 Å². The van der Waals surface area contributed by atoms with Gasteiger partial charge in [0.05, 0.1) is 20.3 Å². The van der Waals surface area contributed by atoms with E-state index in [1.54, 1.807) is 11.0 Å². The van der Waals surface area contributed by atoms with E-state index in [2.05, 4.69) is 4.90 Å². The molecular formula is C15H19FN2O4. The van der Waals surface area contributed by atoms with E-state index in [1.165, 1.54) is 20.3 Å². The first-order valence-electron chi connectivity index (χ1n) is 7.18. The highest BCUT2D eigenvalue weighted by Crippen LogP contribution is 2.31. The van der Waals surface area contributed by atoms with Crippen LogP contribution in [0.1, 0.15) is 5.56 Å². The van der Waals surface area contributed by atoms with Crippen molar-refractivity contribution < 1.29 is 23.4 Å². The van der Waals surface area contributed by atoms with Crippen LogP contribution in [-0.2, 0) is 11.3 Å². The molecule has 0 aromatic heterocycles. The quantitative estimate of drug-likeness (QED) is 0.843. The Kier molecular flexibility index (Phi) is 4.06. The highest BCUT2D eigenvalue weighted by molar-refractivity contribution is 5.70. The average molecular weight is 310 g/mol. The Morgan fingerprint density at radius 3 is 2.73 bits per heavy atom. The van der Waals surface area contributed by atoms with E-state index in [4.69, 9.17) is 14.2 Å². The van der Waals surface area contributed by atoms with Gasteiger partial charge in [0, 0.05) is 37.8 Å². The van der Waals surface area contributed by atoms with Crippen LogP contribution in [0.5, 0.6) is 11.5 Å². The molecule has 2 saturated heterocycles. The van der Waals surface area contributed by atoms with Gasteiger partial charge in [-0.1, -0.05) is 0 Å². The number of methoxy groups -OCH3 is 2. The predicted octanol–water partition coefficient (Wildman–Crippen LogP) is 1.48. The van der Waals surface area contributed by atoms with Gasteiger partial charge in [0.2, 0.25) is 0 Å². The molecule has 1 aromatic carbocycles. The normalized spacial score (nSPS) is 21.5. The van der Waals surface area contributed by atoms with Gasteiger partial charge in [-0.15, -0.1) is 0 Å². The lowest BCUT2D eigenvalue weighted by atomic mass is 10.1. The number of benzene rings is 1. The minimum atomic E-state index is -0.321. The minimum absolute atomic E-state index is 0.0597. The number of ether oxygens (including phenoxy) is 3. The number of amides is 1. The summed E-state index contributed by atoms with van der Waals surface area (Å²) in [5, 5.41) is 0. The van der Waals surface area contributed by atoms with E-state index >= 15 is 0 Å². The van der Waals surface area contributed by atoms with Crippen LogP contribution in [0, 0.1) is 5.82 Å². The molecule has 1 aromatic rings. The molecule has 2 heterocycles.